The van der Waals surface area contributed by atoms with E-state index >= 15 is 0 Å². The summed E-state index contributed by atoms with van der Waals surface area (Å²) in [7, 11) is -3.09. The summed E-state index contributed by atoms with van der Waals surface area (Å²) in [5, 5.41) is 1.63. The maximum absolute atomic E-state index is 13.2. The standard InChI is InChI=1S/C32H36BrN3O3Si/c1-32(2,40(38,27-16-8-4-9-17-27)28-18-10-5-11-19-28)20-12-13-21-36(26-22-29(33)30(34)35-23-26)31(37)39-24-25-14-6-3-7-15-25/h3-11,14-19,22-23,38H,12-13,20-21,24H2,1-2H3,(H2,34,35). The predicted octanol–water partition coefficient (Wildman–Crippen LogP) is 6.27. The predicted molar refractivity (Wildman–Crippen MR) is 168 cm³/mol. The van der Waals surface area contributed by atoms with E-state index in [1.165, 1.54) is 0 Å². The van der Waals surface area contributed by atoms with E-state index in [4.69, 9.17) is 10.5 Å². The largest absolute Gasteiger partial charge is 0.444 e. The molecule has 1 heterocycles. The SMILES string of the molecule is CC(C)(CCCCN(C(=O)OCc1ccccc1)c1cnc(N)c(Br)c1)[Si](O)(c1ccccc1)c1ccccc1. The molecule has 1 aromatic heterocycles. The van der Waals surface area contributed by atoms with E-state index < -0.39 is 14.4 Å². The maximum Gasteiger partial charge on any atom is 0.414 e. The van der Waals surface area contributed by atoms with Gasteiger partial charge in [-0.3, -0.25) is 4.90 Å². The number of carbonyl (C=O) groups excluding carboxylic acids is 1. The molecule has 3 N–H and O–H groups in total. The molecule has 3 aromatic carbocycles. The highest BCUT2D eigenvalue weighted by Crippen LogP contribution is 2.40. The first-order chi connectivity index (χ1) is 19.2. The number of hydrogen-bond acceptors (Lipinski definition) is 5. The van der Waals surface area contributed by atoms with Crippen molar-refractivity contribution in [2.75, 3.05) is 17.2 Å². The zero-order valence-electron chi connectivity index (χ0n) is 23.0. The zero-order chi connectivity index (χ0) is 28.6. The van der Waals surface area contributed by atoms with Crippen molar-refractivity contribution in [1.82, 2.24) is 4.98 Å². The van der Waals surface area contributed by atoms with Crippen molar-refractivity contribution in [2.24, 2.45) is 0 Å². The molecule has 0 saturated heterocycles. The van der Waals surface area contributed by atoms with Crippen molar-refractivity contribution in [1.29, 1.82) is 0 Å². The highest BCUT2D eigenvalue weighted by atomic mass is 79.9. The van der Waals surface area contributed by atoms with E-state index in [2.05, 4.69) is 34.8 Å². The van der Waals surface area contributed by atoms with E-state index in [1.54, 1.807) is 17.2 Å². The van der Waals surface area contributed by atoms with Crippen LogP contribution in [0.15, 0.2) is 108 Å². The molecule has 0 spiro atoms. The fraction of sp³-hybridized carbons (Fsp3) is 0.250. The van der Waals surface area contributed by atoms with E-state index in [1.807, 2.05) is 91.0 Å². The Morgan fingerprint density at radius 3 is 2.05 bits per heavy atom. The molecule has 40 heavy (non-hydrogen) atoms. The van der Waals surface area contributed by atoms with Crippen LogP contribution < -0.4 is 21.0 Å². The normalized spacial score (nSPS) is 11.7. The van der Waals surface area contributed by atoms with Gasteiger partial charge < -0.3 is 15.3 Å². The van der Waals surface area contributed by atoms with Gasteiger partial charge in [0.25, 0.3) is 8.32 Å². The first-order valence-electron chi connectivity index (χ1n) is 13.4. The summed E-state index contributed by atoms with van der Waals surface area (Å²) in [6, 6.07) is 31.5. The molecule has 0 aliphatic heterocycles. The number of nitrogens with two attached hydrogens (primary N) is 1. The van der Waals surface area contributed by atoms with Crippen molar-refractivity contribution in [3.63, 3.8) is 0 Å². The molecule has 0 fully saturated rings. The number of rotatable bonds is 11. The molecule has 0 atom stereocenters. The van der Waals surface area contributed by atoms with Crippen molar-refractivity contribution < 1.29 is 14.3 Å². The summed E-state index contributed by atoms with van der Waals surface area (Å²) in [6.07, 6.45) is 3.47. The number of carbonyl (C=O) groups is 1. The van der Waals surface area contributed by atoms with E-state index in [9.17, 15) is 9.59 Å². The van der Waals surface area contributed by atoms with Gasteiger partial charge in [0.1, 0.15) is 12.4 Å². The Balaban J connectivity index is 1.48. The van der Waals surface area contributed by atoms with Crippen molar-refractivity contribution in [2.45, 2.75) is 44.8 Å². The van der Waals surface area contributed by atoms with Crippen LogP contribution in [0.5, 0.6) is 0 Å². The number of halogens is 1. The molecular formula is C32H36BrN3O3Si. The number of nitrogens with zero attached hydrogens (tertiary/aromatic N) is 2. The van der Waals surface area contributed by atoms with Crippen LogP contribution in [-0.2, 0) is 11.3 Å². The van der Waals surface area contributed by atoms with Gasteiger partial charge in [-0.05, 0) is 55.8 Å². The number of hydrogen-bond donors (Lipinski definition) is 2. The lowest BCUT2D eigenvalue weighted by atomic mass is 10.0. The molecule has 6 nitrogen and oxygen atoms in total. The lowest BCUT2D eigenvalue weighted by Gasteiger charge is -2.41. The molecule has 0 saturated carbocycles. The monoisotopic (exact) mass is 617 g/mol. The molecule has 0 unspecified atom stereocenters. The number of unbranched alkanes of at least 4 members (excludes halogenated alkanes) is 1. The Labute approximate surface area is 246 Å². The van der Waals surface area contributed by atoms with Crippen LogP contribution in [0.1, 0.15) is 38.7 Å². The molecule has 4 aromatic rings. The number of amides is 1. The van der Waals surface area contributed by atoms with Crippen molar-refractivity contribution >= 4 is 52.2 Å². The molecule has 8 heteroatoms. The molecule has 1 amide bonds. The second-order valence-corrected chi connectivity index (χ2v) is 15.3. The molecular weight excluding hydrogens is 582 g/mol. The molecule has 0 aliphatic rings. The van der Waals surface area contributed by atoms with E-state index in [0.717, 1.165) is 35.2 Å². The number of benzene rings is 3. The van der Waals surface area contributed by atoms with Gasteiger partial charge in [0.05, 0.1) is 16.4 Å². The average Bonchev–Trinajstić information content (AvgIpc) is 2.98. The van der Waals surface area contributed by atoms with Crippen LogP contribution in [-0.4, -0.2) is 30.7 Å². The minimum atomic E-state index is -3.09. The minimum absolute atomic E-state index is 0.180. The Morgan fingerprint density at radius 2 is 1.50 bits per heavy atom. The van der Waals surface area contributed by atoms with Gasteiger partial charge in [0.15, 0.2) is 0 Å². The summed E-state index contributed by atoms with van der Waals surface area (Å²) in [4.78, 5) is 31.5. The third kappa shape index (κ3) is 6.81. The first kappa shape index (κ1) is 29.5. The van der Waals surface area contributed by atoms with E-state index in [0.29, 0.717) is 22.5 Å². The number of ether oxygens (including phenoxy) is 1. The fourth-order valence-electron chi connectivity index (χ4n) is 5.03. The number of nitrogen functional groups attached to an aromatic ring is 1. The Kier molecular flexibility index (Phi) is 9.79. The van der Waals surface area contributed by atoms with Gasteiger partial charge in [-0.15, -0.1) is 0 Å². The van der Waals surface area contributed by atoms with Crippen LogP contribution in [0.4, 0.5) is 16.3 Å². The molecule has 0 radical (unpaired) electrons. The van der Waals surface area contributed by atoms with Gasteiger partial charge in [-0.1, -0.05) is 111 Å². The molecule has 208 valence electrons. The summed E-state index contributed by atoms with van der Waals surface area (Å²) in [6.45, 7) is 4.94. The van der Waals surface area contributed by atoms with Gasteiger partial charge in [-0.2, -0.15) is 0 Å². The average molecular weight is 619 g/mol. The van der Waals surface area contributed by atoms with E-state index in [-0.39, 0.29) is 11.6 Å². The maximum atomic E-state index is 13.2. The minimum Gasteiger partial charge on any atom is -0.444 e. The molecule has 4 rings (SSSR count). The van der Waals surface area contributed by atoms with Gasteiger partial charge >= 0.3 is 6.09 Å². The van der Waals surface area contributed by atoms with Crippen LogP contribution in [0.2, 0.25) is 5.04 Å². The number of anilines is 2. The van der Waals surface area contributed by atoms with Gasteiger partial charge in [0, 0.05) is 6.54 Å². The Bertz CT molecular complexity index is 1350. The summed E-state index contributed by atoms with van der Waals surface area (Å²) < 4.78 is 6.28. The van der Waals surface area contributed by atoms with Crippen LogP contribution >= 0.6 is 15.9 Å². The van der Waals surface area contributed by atoms with Crippen molar-refractivity contribution in [3.8, 4) is 0 Å². The quantitative estimate of drug-likeness (QED) is 0.153. The van der Waals surface area contributed by atoms with Crippen LogP contribution in [0.25, 0.3) is 0 Å². The molecule has 0 bridgehead atoms. The number of aromatic nitrogens is 1. The zero-order valence-corrected chi connectivity index (χ0v) is 25.5. The van der Waals surface area contributed by atoms with Gasteiger partial charge in [-0.25, -0.2) is 9.78 Å². The Hall–Kier alpha value is -3.46. The second kappa shape index (κ2) is 13.3. The summed E-state index contributed by atoms with van der Waals surface area (Å²) >= 11 is 3.42. The second-order valence-electron chi connectivity index (χ2n) is 10.5. The smallest absolute Gasteiger partial charge is 0.414 e. The Morgan fingerprint density at radius 1 is 0.950 bits per heavy atom. The lowest BCUT2D eigenvalue weighted by molar-refractivity contribution is 0.147. The fourth-order valence-corrected chi connectivity index (χ4v) is 9.16. The third-order valence-corrected chi connectivity index (χ3v) is 12.6. The number of pyridine rings is 1. The van der Waals surface area contributed by atoms with Crippen molar-refractivity contribution in [3.05, 3.63) is 113 Å². The van der Waals surface area contributed by atoms with Gasteiger partial charge in [0.2, 0.25) is 0 Å². The van der Waals surface area contributed by atoms with Crippen LogP contribution in [0.3, 0.4) is 0 Å². The molecule has 0 aliphatic carbocycles. The highest BCUT2D eigenvalue weighted by molar-refractivity contribution is 9.10. The topological polar surface area (TPSA) is 88.7 Å². The third-order valence-electron chi connectivity index (χ3n) is 7.39. The highest BCUT2D eigenvalue weighted by Gasteiger charge is 2.49. The first-order valence-corrected chi connectivity index (χ1v) is 16.2. The summed E-state index contributed by atoms with van der Waals surface area (Å²) in [5.41, 5.74) is 7.42. The van der Waals surface area contributed by atoms with Crippen LogP contribution in [0, 0.1) is 0 Å². The summed E-state index contributed by atoms with van der Waals surface area (Å²) in [5.74, 6) is 0.356. The lowest BCUT2D eigenvalue weighted by Crippen LogP contribution is -2.65.